The SMILES string of the molecule is CNC(=O)CCOC(=O)c1ccc(Cl)c(N)c1. The smallest absolute Gasteiger partial charge is 0.338 e. The Morgan fingerprint density at radius 3 is 2.76 bits per heavy atom. The Bertz CT molecular complexity index is 435. The molecule has 0 unspecified atom stereocenters. The van der Waals surface area contributed by atoms with Crippen LogP contribution in [0.25, 0.3) is 0 Å². The van der Waals surface area contributed by atoms with Gasteiger partial charge in [0.1, 0.15) is 6.61 Å². The van der Waals surface area contributed by atoms with Gasteiger partial charge in [-0.15, -0.1) is 0 Å². The van der Waals surface area contributed by atoms with Crippen molar-refractivity contribution < 1.29 is 14.3 Å². The summed E-state index contributed by atoms with van der Waals surface area (Å²) in [5, 5.41) is 2.81. The lowest BCUT2D eigenvalue weighted by atomic mass is 10.2. The van der Waals surface area contributed by atoms with Crippen LogP contribution in [-0.2, 0) is 9.53 Å². The van der Waals surface area contributed by atoms with E-state index in [9.17, 15) is 9.59 Å². The van der Waals surface area contributed by atoms with Crippen molar-refractivity contribution in [2.75, 3.05) is 19.4 Å². The lowest BCUT2D eigenvalue weighted by Gasteiger charge is -2.05. The summed E-state index contributed by atoms with van der Waals surface area (Å²) in [5.74, 6) is -0.717. The van der Waals surface area contributed by atoms with Crippen LogP contribution in [-0.4, -0.2) is 25.5 Å². The van der Waals surface area contributed by atoms with Crippen molar-refractivity contribution in [1.29, 1.82) is 0 Å². The number of rotatable bonds is 4. The fourth-order valence-corrected chi connectivity index (χ4v) is 1.23. The van der Waals surface area contributed by atoms with Crippen LogP contribution in [0.4, 0.5) is 5.69 Å². The van der Waals surface area contributed by atoms with E-state index < -0.39 is 5.97 Å². The minimum atomic E-state index is -0.530. The molecule has 3 N–H and O–H groups in total. The van der Waals surface area contributed by atoms with Crippen LogP contribution < -0.4 is 11.1 Å². The molecular formula is C11H13ClN2O3. The minimum absolute atomic E-state index is 0.0288. The van der Waals surface area contributed by atoms with Gasteiger partial charge in [0.15, 0.2) is 0 Å². The van der Waals surface area contributed by atoms with Crippen molar-refractivity contribution in [3.63, 3.8) is 0 Å². The first kappa shape index (κ1) is 13.3. The summed E-state index contributed by atoms with van der Waals surface area (Å²) in [6, 6.07) is 4.47. The number of esters is 1. The largest absolute Gasteiger partial charge is 0.462 e. The molecule has 0 aliphatic heterocycles. The molecule has 0 fully saturated rings. The highest BCUT2D eigenvalue weighted by atomic mass is 35.5. The molecule has 92 valence electrons. The van der Waals surface area contributed by atoms with Crippen LogP contribution in [0, 0.1) is 0 Å². The maximum absolute atomic E-state index is 11.5. The van der Waals surface area contributed by atoms with E-state index in [0.29, 0.717) is 16.3 Å². The second kappa shape index (κ2) is 6.10. The number of halogens is 1. The predicted octanol–water partition coefficient (Wildman–Crippen LogP) is 1.22. The Hall–Kier alpha value is -1.75. The molecule has 0 bridgehead atoms. The Labute approximate surface area is 104 Å². The van der Waals surface area contributed by atoms with Crippen LogP contribution >= 0.6 is 11.6 Å². The molecule has 0 spiro atoms. The zero-order chi connectivity index (χ0) is 12.8. The van der Waals surface area contributed by atoms with E-state index in [2.05, 4.69) is 5.32 Å². The fourth-order valence-electron chi connectivity index (χ4n) is 1.12. The van der Waals surface area contributed by atoms with Gasteiger partial charge in [0.05, 0.1) is 22.7 Å². The first-order chi connectivity index (χ1) is 8.04. The molecule has 5 nitrogen and oxygen atoms in total. The Morgan fingerprint density at radius 1 is 1.47 bits per heavy atom. The maximum atomic E-state index is 11.5. The third kappa shape index (κ3) is 3.96. The Morgan fingerprint density at radius 2 is 2.18 bits per heavy atom. The Balaban J connectivity index is 2.52. The molecule has 0 aromatic heterocycles. The van der Waals surface area contributed by atoms with Gasteiger partial charge in [-0.2, -0.15) is 0 Å². The molecule has 17 heavy (non-hydrogen) atoms. The number of carbonyl (C=O) groups is 2. The summed E-state index contributed by atoms with van der Waals surface area (Å²) in [4.78, 5) is 22.4. The molecule has 0 aliphatic rings. The van der Waals surface area contributed by atoms with Crippen LogP contribution in [0.1, 0.15) is 16.8 Å². The third-order valence-electron chi connectivity index (χ3n) is 2.07. The number of amides is 1. The molecule has 0 saturated carbocycles. The molecule has 1 rings (SSSR count). The highest BCUT2D eigenvalue weighted by molar-refractivity contribution is 6.33. The molecule has 6 heteroatoms. The second-order valence-corrected chi connectivity index (χ2v) is 3.70. The predicted molar refractivity (Wildman–Crippen MR) is 64.8 cm³/mol. The summed E-state index contributed by atoms with van der Waals surface area (Å²) in [6.07, 6.45) is 0.130. The van der Waals surface area contributed by atoms with Gasteiger partial charge in [-0.3, -0.25) is 4.79 Å². The number of carbonyl (C=O) groups excluding carboxylic acids is 2. The van der Waals surface area contributed by atoms with Gasteiger partial charge in [0.25, 0.3) is 0 Å². The highest BCUT2D eigenvalue weighted by Crippen LogP contribution is 2.19. The van der Waals surface area contributed by atoms with Crippen molar-refractivity contribution in [3.8, 4) is 0 Å². The van der Waals surface area contributed by atoms with Crippen molar-refractivity contribution in [3.05, 3.63) is 28.8 Å². The van der Waals surface area contributed by atoms with E-state index in [1.165, 1.54) is 25.2 Å². The maximum Gasteiger partial charge on any atom is 0.338 e. The van der Waals surface area contributed by atoms with Gasteiger partial charge >= 0.3 is 5.97 Å². The van der Waals surface area contributed by atoms with E-state index >= 15 is 0 Å². The molecule has 0 atom stereocenters. The topological polar surface area (TPSA) is 81.4 Å². The minimum Gasteiger partial charge on any atom is -0.462 e. The molecule has 1 aromatic carbocycles. The first-order valence-corrected chi connectivity index (χ1v) is 5.35. The van der Waals surface area contributed by atoms with Crippen molar-refractivity contribution in [1.82, 2.24) is 5.32 Å². The number of nitrogens with one attached hydrogen (secondary N) is 1. The quantitative estimate of drug-likeness (QED) is 0.627. The van der Waals surface area contributed by atoms with Crippen LogP contribution in [0.15, 0.2) is 18.2 Å². The van der Waals surface area contributed by atoms with Crippen LogP contribution in [0.2, 0.25) is 5.02 Å². The zero-order valence-electron chi connectivity index (χ0n) is 9.33. The zero-order valence-corrected chi connectivity index (χ0v) is 10.1. The van der Waals surface area contributed by atoms with Crippen molar-refractivity contribution in [2.45, 2.75) is 6.42 Å². The lowest BCUT2D eigenvalue weighted by molar-refractivity contribution is -0.121. The highest BCUT2D eigenvalue weighted by Gasteiger charge is 2.09. The number of benzene rings is 1. The van der Waals surface area contributed by atoms with Crippen LogP contribution in [0.3, 0.4) is 0 Å². The van der Waals surface area contributed by atoms with E-state index in [1.54, 1.807) is 0 Å². The van der Waals surface area contributed by atoms with Crippen molar-refractivity contribution >= 4 is 29.2 Å². The molecule has 1 amide bonds. The van der Waals surface area contributed by atoms with Gasteiger partial charge in [-0.1, -0.05) is 11.6 Å². The van der Waals surface area contributed by atoms with Crippen molar-refractivity contribution in [2.24, 2.45) is 0 Å². The number of hydrogen-bond donors (Lipinski definition) is 2. The summed E-state index contributed by atoms with van der Waals surface area (Å²) in [6.45, 7) is 0.0288. The molecule has 1 aromatic rings. The number of nitrogen functional groups attached to an aromatic ring is 1. The van der Waals surface area contributed by atoms with Crippen LogP contribution in [0.5, 0.6) is 0 Å². The molecular weight excluding hydrogens is 244 g/mol. The average molecular weight is 257 g/mol. The van der Waals surface area contributed by atoms with E-state index in [4.69, 9.17) is 22.1 Å². The first-order valence-electron chi connectivity index (χ1n) is 4.97. The summed E-state index contributed by atoms with van der Waals surface area (Å²) < 4.78 is 4.90. The lowest BCUT2D eigenvalue weighted by Crippen LogP contribution is -2.20. The summed E-state index contributed by atoms with van der Waals surface area (Å²) in [5.41, 5.74) is 6.17. The fraction of sp³-hybridized carbons (Fsp3) is 0.273. The van der Waals surface area contributed by atoms with Gasteiger partial charge in [0.2, 0.25) is 5.91 Å². The second-order valence-electron chi connectivity index (χ2n) is 3.30. The van der Waals surface area contributed by atoms with Gasteiger partial charge in [0, 0.05) is 7.05 Å². The van der Waals surface area contributed by atoms with Gasteiger partial charge < -0.3 is 15.8 Å². The number of anilines is 1. The van der Waals surface area contributed by atoms with E-state index in [-0.39, 0.29) is 18.9 Å². The molecule has 0 saturated heterocycles. The standard InChI is InChI=1S/C11H13ClN2O3/c1-14-10(15)4-5-17-11(16)7-2-3-8(12)9(13)6-7/h2-3,6H,4-5,13H2,1H3,(H,14,15). The summed E-state index contributed by atoms with van der Waals surface area (Å²) in [7, 11) is 1.52. The van der Waals surface area contributed by atoms with E-state index in [1.807, 2.05) is 0 Å². The van der Waals surface area contributed by atoms with Gasteiger partial charge in [-0.05, 0) is 18.2 Å². The molecule has 0 heterocycles. The molecule has 0 aliphatic carbocycles. The Kier molecular flexibility index (Phi) is 4.78. The average Bonchev–Trinajstić information content (AvgIpc) is 2.32. The van der Waals surface area contributed by atoms with E-state index in [0.717, 1.165) is 0 Å². The molecule has 0 radical (unpaired) electrons. The van der Waals surface area contributed by atoms with Gasteiger partial charge in [-0.25, -0.2) is 4.79 Å². The number of ether oxygens (including phenoxy) is 1. The normalized spacial score (nSPS) is 9.76. The monoisotopic (exact) mass is 256 g/mol. The third-order valence-corrected chi connectivity index (χ3v) is 2.42. The number of nitrogens with two attached hydrogens (primary N) is 1. The number of hydrogen-bond acceptors (Lipinski definition) is 4. The summed E-state index contributed by atoms with van der Waals surface area (Å²) >= 11 is 5.72.